The number of nitrogens with zero attached hydrogens (tertiary/aromatic N) is 3. The van der Waals surface area contributed by atoms with Crippen molar-refractivity contribution in [2.75, 3.05) is 45.3 Å². The van der Waals surface area contributed by atoms with Gasteiger partial charge in [0, 0.05) is 38.9 Å². The lowest BCUT2D eigenvalue weighted by atomic mass is 10.1. The quantitative estimate of drug-likeness (QED) is 0.837. The van der Waals surface area contributed by atoms with Crippen LogP contribution in [0.1, 0.15) is 22.3 Å². The van der Waals surface area contributed by atoms with Crippen molar-refractivity contribution in [3.63, 3.8) is 0 Å². The van der Waals surface area contributed by atoms with Crippen LogP contribution in [0.2, 0.25) is 0 Å². The molecule has 2 heterocycles. The maximum Gasteiger partial charge on any atom is 0.250 e. The number of aromatic nitrogens is 1. The molecule has 0 aliphatic carbocycles. The van der Waals surface area contributed by atoms with Crippen molar-refractivity contribution in [3.8, 4) is 11.5 Å². The number of rotatable bonds is 6. The number of anilines is 1. The van der Waals surface area contributed by atoms with Gasteiger partial charge in [-0.05, 0) is 30.7 Å². The molecule has 0 saturated carbocycles. The second-order valence-corrected chi connectivity index (χ2v) is 6.53. The highest BCUT2D eigenvalue weighted by molar-refractivity contribution is 5.92. The van der Waals surface area contributed by atoms with Crippen molar-refractivity contribution >= 4 is 11.7 Å². The zero-order valence-electron chi connectivity index (χ0n) is 15.9. The van der Waals surface area contributed by atoms with E-state index in [-0.39, 0.29) is 0 Å². The van der Waals surface area contributed by atoms with Crippen molar-refractivity contribution < 1.29 is 14.3 Å². The van der Waals surface area contributed by atoms with Gasteiger partial charge >= 0.3 is 0 Å². The molecule has 1 aromatic heterocycles. The SMILES string of the molecule is COc1cccc(OC)c1CN1CCCN(c2ccc(C(N)=O)cn2)CC1. The van der Waals surface area contributed by atoms with E-state index in [1.165, 1.54) is 0 Å². The fourth-order valence-corrected chi connectivity index (χ4v) is 3.38. The van der Waals surface area contributed by atoms with Gasteiger partial charge in [0.25, 0.3) is 0 Å². The van der Waals surface area contributed by atoms with E-state index in [2.05, 4.69) is 14.8 Å². The predicted molar refractivity (Wildman–Crippen MR) is 104 cm³/mol. The third-order valence-electron chi connectivity index (χ3n) is 4.86. The van der Waals surface area contributed by atoms with Gasteiger partial charge in [0.2, 0.25) is 5.91 Å². The van der Waals surface area contributed by atoms with Gasteiger partial charge in [-0.3, -0.25) is 9.69 Å². The highest BCUT2D eigenvalue weighted by Crippen LogP contribution is 2.30. The van der Waals surface area contributed by atoms with Gasteiger partial charge in [-0.15, -0.1) is 0 Å². The second kappa shape index (κ2) is 8.73. The number of hydrogen-bond donors (Lipinski definition) is 1. The Morgan fingerprint density at radius 3 is 2.41 bits per heavy atom. The fraction of sp³-hybridized carbons (Fsp3) is 0.400. The van der Waals surface area contributed by atoms with Crippen molar-refractivity contribution in [3.05, 3.63) is 47.7 Å². The van der Waals surface area contributed by atoms with E-state index in [0.29, 0.717) is 5.56 Å². The molecule has 0 radical (unpaired) electrons. The average Bonchev–Trinajstić information content (AvgIpc) is 2.94. The lowest BCUT2D eigenvalue weighted by Crippen LogP contribution is -2.31. The van der Waals surface area contributed by atoms with Crippen LogP contribution in [0.15, 0.2) is 36.5 Å². The van der Waals surface area contributed by atoms with E-state index in [4.69, 9.17) is 15.2 Å². The summed E-state index contributed by atoms with van der Waals surface area (Å²) in [5.74, 6) is 2.11. The first-order chi connectivity index (χ1) is 13.1. The van der Waals surface area contributed by atoms with E-state index in [0.717, 1.165) is 62.0 Å². The summed E-state index contributed by atoms with van der Waals surface area (Å²) in [5, 5.41) is 0. The molecular weight excluding hydrogens is 344 g/mol. The number of benzene rings is 1. The molecular formula is C20H26N4O3. The van der Waals surface area contributed by atoms with E-state index in [1.807, 2.05) is 24.3 Å². The molecule has 0 unspecified atom stereocenters. The summed E-state index contributed by atoms with van der Waals surface area (Å²) in [5.41, 5.74) is 6.78. The van der Waals surface area contributed by atoms with Crippen molar-refractivity contribution in [1.29, 1.82) is 0 Å². The molecule has 144 valence electrons. The van der Waals surface area contributed by atoms with Crippen LogP contribution in [0, 0.1) is 0 Å². The Bertz CT molecular complexity index is 757. The van der Waals surface area contributed by atoms with Crippen molar-refractivity contribution in [2.45, 2.75) is 13.0 Å². The standard InChI is InChI=1S/C20H26N4O3/c1-26-17-5-3-6-18(27-2)16(17)14-23-9-4-10-24(12-11-23)19-8-7-15(13-22-19)20(21)25/h3,5-8,13H,4,9-12,14H2,1-2H3,(H2,21,25). The van der Waals surface area contributed by atoms with Crippen LogP contribution in [0.5, 0.6) is 11.5 Å². The summed E-state index contributed by atoms with van der Waals surface area (Å²) >= 11 is 0. The molecule has 0 atom stereocenters. The Kier molecular flexibility index (Phi) is 6.13. The first-order valence-corrected chi connectivity index (χ1v) is 9.05. The lowest BCUT2D eigenvalue weighted by molar-refractivity contribution is 0.1000. The molecule has 1 amide bonds. The van der Waals surface area contributed by atoms with E-state index in [1.54, 1.807) is 26.5 Å². The van der Waals surface area contributed by atoms with Gasteiger partial charge in [0.15, 0.2) is 0 Å². The third-order valence-corrected chi connectivity index (χ3v) is 4.86. The van der Waals surface area contributed by atoms with Crippen LogP contribution in [0.25, 0.3) is 0 Å². The highest BCUT2D eigenvalue weighted by Gasteiger charge is 2.19. The van der Waals surface area contributed by atoms with E-state index < -0.39 is 5.91 Å². The van der Waals surface area contributed by atoms with Crippen LogP contribution >= 0.6 is 0 Å². The minimum Gasteiger partial charge on any atom is -0.496 e. The summed E-state index contributed by atoms with van der Waals surface area (Å²) < 4.78 is 11.0. The summed E-state index contributed by atoms with van der Waals surface area (Å²) in [6.45, 7) is 4.44. The van der Waals surface area contributed by atoms with E-state index >= 15 is 0 Å². The molecule has 7 heteroatoms. The zero-order chi connectivity index (χ0) is 19.2. The third kappa shape index (κ3) is 4.49. The predicted octanol–water partition coefficient (Wildman–Crippen LogP) is 1.91. The first kappa shape index (κ1) is 19.0. The molecule has 2 N–H and O–H groups in total. The number of hydrogen-bond acceptors (Lipinski definition) is 6. The maximum absolute atomic E-state index is 11.2. The van der Waals surface area contributed by atoms with Crippen LogP contribution in [0.4, 0.5) is 5.82 Å². The monoisotopic (exact) mass is 370 g/mol. The van der Waals surface area contributed by atoms with Crippen LogP contribution in [-0.4, -0.2) is 56.2 Å². The molecule has 1 fully saturated rings. The number of pyridine rings is 1. The number of primary amides is 1. The Labute approximate surface area is 159 Å². The van der Waals surface area contributed by atoms with Crippen LogP contribution < -0.4 is 20.1 Å². The molecule has 0 bridgehead atoms. The number of nitrogens with two attached hydrogens (primary N) is 1. The van der Waals surface area contributed by atoms with Gasteiger partial charge in [-0.2, -0.15) is 0 Å². The minimum absolute atomic E-state index is 0.429. The minimum atomic E-state index is -0.457. The van der Waals surface area contributed by atoms with E-state index in [9.17, 15) is 4.79 Å². The Balaban J connectivity index is 1.68. The largest absolute Gasteiger partial charge is 0.496 e. The second-order valence-electron chi connectivity index (χ2n) is 6.53. The smallest absolute Gasteiger partial charge is 0.250 e. The molecule has 2 aromatic rings. The number of ether oxygens (including phenoxy) is 2. The molecule has 1 aliphatic rings. The molecule has 3 rings (SSSR count). The summed E-state index contributed by atoms with van der Waals surface area (Å²) in [7, 11) is 3.37. The molecule has 27 heavy (non-hydrogen) atoms. The fourth-order valence-electron chi connectivity index (χ4n) is 3.38. The zero-order valence-corrected chi connectivity index (χ0v) is 15.9. The number of carbonyl (C=O) groups is 1. The topological polar surface area (TPSA) is 80.9 Å². The number of methoxy groups -OCH3 is 2. The van der Waals surface area contributed by atoms with Crippen LogP contribution in [-0.2, 0) is 6.54 Å². The molecule has 7 nitrogen and oxygen atoms in total. The molecule has 0 spiro atoms. The van der Waals surface area contributed by atoms with Gasteiger partial charge in [-0.1, -0.05) is 6.07 Å². The normalized spacial score (nSPS) is 15.3. The summed E-state index contributed by atoms with van der Waals surface area (Å²) in [6, 6.07) is 9.46. The number of carbonyl (C=O) groups excluding carboxylic acids is 1. The Morgan fingerprint density at radius 1 is 1.07 bits per heavy atom. The molecule has 1 aliphatic heterocycles. The molecule has 1 saturated heterocycles. The van der Waals surface area contributed by atoms with Crippen LogP contribution in [0.3, 0.4) is 0 Å². The average molecular weight is 370 g/mol. The van der Waals surface area contributed by atoms with Gasteiger partial charge in [-0.25, -0.2) is 4.98 Å². The highest BCUT2D eigenvalue weighted by atomic mass is 16.5. The maximum atomic E-state index is 11.2. The molecule has 1 aromatic carbocycles. The Morgan fingerprint density at radius 2 is 1.81 bits per heavy atom. The number of amides is 1. The lowest BCUT2D eigenvalue weighted by Gasteiger charge is -2.24. The summed E-state index contributed by atoms with van der Waals surface area (Å²) in [4.78, 5) is 20.2. The Hall–Kier alpha value is -2.80. The van der Waals surface area contributed by atoms with Gasteiger partial charge in [0.05, 0.1) is 25.3 Å². The first-order valence-electron chi connectivity index (χ1n) is 9.05. The van der Waals surface area contributed by atoms with Crippen molar-refractivity contribution in [1.82, 2.24) is 9.88 Å². The van der Waals surface area contributed by atoms with Crippen molar-refractivity contribution in [2.24, 2.45) is 5.73 Å². The van der Waals surface area contributed by atoms with Gasteiger partial charge in [0.1, 0.15) is 17.3 Å². The summed E-state index contributed by atoms with van der Waals surface area (Å²) in [6.07, 6.45) is 2.57. The van der Waals surface area contributed by atoms with Gasteiger partial charge < -0.3 is 20.1 Å².